The van der Waals surface area contributed by atoms with Crippen molar-refractivity contribution in [1.82, 2.24) is 5.27 Å². The van der Waals surface area contributed by atoms with Gasteiger partial charge in [0.25, 0.3) is 5.69 Å². The number of hydrogen-bond donors (Lipinski definition) is 0. The van der Waals surface area contributed by atoms with Crippen molar-refractivity contribution in [3.8, 4) is 50.9 Å². The van der Waals surface area contributed by atoms with Gasteiger partial charge in [0.1, 0.15) is 22.9 Å². The van der Waals surface area contributed by atoms with Gasteiger partial charge in [-0.2, -0.15) is 13.2 Å². The van der Waals surface area contributed by atoms with Gasteiger partial charge in [-0.05, 0) is 75.5 Å². The van der Waals surface area contributed by atoms with E-state index in [2.05, 4.69) is 5.27 Å². The molecule has 38 heavy (non-hydrogen) atoms. The SMILES string of the molecule is COc1ccc(-c2ccc(-[n+]3noc([O-])c3-c3ccc(-c4cc(F)c(C(F)(F)F)c(F)c4)cc3)cc2)cc1. The summed E-state index contributed by atoms with van der Waals surface area (Å²) in [4.78, 5) is 0. The lowest BCUT2D eigenvalue weighted by atomic mass is 10.0. The topological polar surface area (TPSA) is 62.2 Å². The molecule has 0 bridgehead atoms. The second-order valence-electron chi connectivity index (χ2n) is 8.29. The first-order valence-corrected chi connectivity index (χ1v) is 11.2. The van der Waals surface area contributed by atoms with Crippen LogP contribution in [0.15, 0.2) is 89.5 Å². The lowest BCUT2D eigenvalue weighted by Gasteiger charge is -2.11. The highest BCUT2D eigenvalue weighted by Crippen LogP contribution is 2.36. The molecule has 0 radical (unpaired) electrons. The molecule has 4 aromatic carbocycles. The summed E-state index contributed by atoms with van der Waals surface area (Å²) in [5.74, 6) is -3.42. The monoisotopic (exact) mass is 524 g/mol. The number of rotatable bonds is 5. The average Bonchev–Trinajstić information content (AvgIpc) is 3.29. The first-order chi connectivity index (χ1) is 18.2. The van der Waals surface area contributed by atoms with Gasteiger partial charge >= 0.3 is 6.18 Å². The van der Waals surface area contributed by atoms with E-state index in [1.54, 1.807) is 19.2 Å². The highest BCUT2D eigenvalue weighted by atomic mass is 19.4. The van der Waals surface area contributed by atoms with Gasteiger partial charge in [0.05, 0.1) is 17.9 Å². The first kappa shape index (κ1) is 24.9. The summed E-state index contributed by atoms with van der Waals surface area (Å²) in [7, 11) is 1.59. The number of benzene rings is 4. The molecule has 0 atom stereocenters. The van der Waals surface area contributed by atoms with Crippen LogP contribution < -0.4 is 14.5 Å². The van der Waals surface area contributed by atoms with Gasteiger partial charge in [0.15, 0.2) is 5.95 Å². The van der Waals surface area contributed by atoms with Crippen molar-refractivity contribution in [1.29, 1.82) is 0 Å². The largest absolute Gasteiger partial charge is 0.539 e. The van der Waals surface area contributed by atoms with Crippen LogP contribution in [0.1, 0.15) is 5.56 Å². The fourth-order valence-corrected chi connectivity index (χ4v) is 4.07. The Hall–Kier alpha value is -4.73. The van der Waals surface area contributed by atoms with E-state index in [1.807, 2.05) is 36.4 Å². The molecule has 0 saturated heterocycles. The number of hydrogen-bond acceptors (Lipinski definition) is 4. The normalized spacial score (nSPS) is 11.5. The minimum atomic E-state index is -5.16. The Morgan fingerprint density at radius 2 is 1.21 bits per heavy atom. The molecule has 5 nitrogen and oxygen atoms in total. The van der Waals surface area contributed by atoms with Crippen molar-refractivity contribution in [3.05, 3.63) is 102 Å². The third-order valence-electron chi connectivity index (χ3n) is 5.96. The standard InChI is InChI=1S/C28H17F5N2O3/c1-37-22-12-8-17(9-13-22)16-6-10-21(11-7-16)35-26(27(36)38-34-35)19-4-2-18(3-5-19)20-14-23(29)25(24(30)15-20)28(31,32)33/h2-15H,1H3. The summed E-state index contributed by atoms with van der Waals surface area (Å²) >= 11 is 0. The maximum Gasteiger partial charge on any atom is 0.422 e. The van der Waals surface area contributed by atoms with Gasteiger partial charge in [-0.25, -0.2) is 8.78 Å². The quantitative estimate of drug-likeness (QED) is 0.199. The molecule has 10 heteroatoms. The molecule has 0 unspecified atom stereocenters. The zero-order valence-corrected chi connectivity index (χ0v) is 19.6. The Balaban J connectivity index is 1.45. The first-order valence-electron chi connectivity index (χ1n) is 11.2. The molecule has 0 saturated carbocycles. The molecule has 0 amide bonds. The molecular weight excluding hydrogens is 507 g/mol. The Morgan fingerprint density at radius 3 is 1.74 bits per heavy atom. The molecule has 0 N–H and O–H groups in total. The summed E-state index contributed by atoms with van der Waals surface area (Å²) in [6, 6.07) is 21.8. The van der Waals surface area contributed by atoms with Crippen LogP contribution in [0, 0.1) is 11.6 Å². The molecule has 1 aromatic heterocycles. The van der Waals surface area contributed by atoms with Crippen molar-refractivity contribution in [2.24, 2.45) is 0 Å². The van der Waals surface area contributed by atoms with Gasteiger partial charge < -0.3 is 14.4 Å². The van der Waals surface area contributed by atoms with E-state index in [0.29, 0.717) is 23.4 Å². The number of nitrogens with zero attached hydrogens (tertiary/aromatic N) is 2. The number of alkyl halides is 3. The van der Waals surface area contributed by atoms with Crippen LogP contribution in [0.3, 0.4) is 0 Å². The van der Waals surface area contributed by atoms with Crippen molar-refractivity contribution in [3.63, 3.8) is 0 Å². The maximum absolute atomic E-state index is 14.0. The fourth-order valence-electron chi connectivity index (χ4n) is 4.07. The van der Waals surface area contributed by atoms with Gasteiger partial charge in [0.2, 0.25) is 5.69 Å². The van der Waals surface area contributed by atoms with Crippen LogP contribution in [0.25, 0.3) is 39.2 Å². The molecule has 0 aliphatic heterocycles. The highest BCUT2D eigenvalue weighted by Gasteiger charge is 2.38. The van der Waals surface area contributed by atoms with E-state index in [9.17, 15) is 27.1 Å². The minimum absolute atomic E-state index is 0.0887. The van der Waals surface area contributed by atoms with Crippen LogP contribution in [-0.2, 0) is 6.18 Å². The van der Waals surface area contributed by atoms with Crippen molar-refractivity contribution in [2.75, 3.05) is 7.11 Å². The average molecular weight is 524 g/mol. The minimum Gasteiger partial charge on any atom is -0.539 e. The van der Waals surface area contributed by atoms with Crippen molar-refractivity contribution >= 4 is 0 Å². The predicted octanol–water partition coefficient (Wildman–Crippen LogP) is 6.33. The molecule has 5 aromatic rings. The lowest BCUT2D eigenvalue weighted by molar-refractivity contribution is -0.660. The summed E-state index contributed by atoms with van der Waals surface area (Å²) in [5, 5.41) is 16.3. The van der Waals surface area contributed by atoms with Crippen molar-refractivity contribution < 1.29 is 41.0 Å². The smallest absolute Gasteiger partial charge is 0.422 e. The zero-order chi connectivity index (χ0) is 27.0. The third kappa shape index (κ3) is 4.68. The van der Waals surface area contributed by atoms with Gasteiger partial charge in [-0.1, -0.05) is 24.3 Å². The Morgan fingerprint density at radius 1 is 0.737 bits per heavy atom. The summed E-state index contributed by atoms with van der Waals surface area (Å²) < 4.78 is 78.0. The second kappa shape index (κ2) is 9.62. The number of aromatic nitrogens is 2. The molecule has 192 valence electrons. The van der Waals surface area contributed by atoms with Crippen LogP contribution >= 0.6 is 0 Å². The maximum atomic E-state index is 14.0. The highest BCUT2D eigenvalue weighted by molar-refractivity contribution is 5.70. The molecule has 1 heterocycles. The summed E-state index contributed by atoms with van der Waals surface area (Å²) in [5.41, 5.74) is 1.11. The van der Waals surface area contributed by atoms with Gasteiger partial charge in [-0.15, -0.1) is 0 Å². The van der Waals surface area contributed by atoms with Crippen LogP contribution in [0.5, 0.6) is 11.7 Å². The lowest BCUT2D eigenvalue weighted by Crippen LogP contribution is -2.34. The second-order valence-corrected chi connectivity index (χ2v) is 8.29. The molecular formula is C28H17F5N2O3. The fraction of sp³-hybridized carbons (Fsp3) is 0.0714. The van der Waals surface area contributed by atoms with Gasteiger partial charge in [-0.3, -0.25) is 0 Å². The number of methoxy groups -OCH3 is 1. The third-order valence-corrected chi connectivity index (χ3v) is 5.96. The Kier molecular flexibility index (Phi) is 6.31. The van der Waals surface area contributed by atoms with E-state index in [-0.39, 0.29) is 16.8 Å². The van der Waals surface area contributed by atoms with Gasteiger partial charge in [0, 0.05) is 12.1 Å². The zero-order valence-electron chi connectivity index (χ0n) is 19.6. The Labute approximate surface area is 212 Å². The van der Waals surface area contributed by atoms with Crippen molar-refractivity contribution in [2.45, 2.75) is 6.18 Å². The Bertz CT molecular complexity index is 1570. The predicted molar refractivity (Wildman–Crippen MR) is 125 cm³/mol. The van der Waals surface area contributed by atoms with E-state index in [4.69, 9.17) is 9.26 Å². The molecule has 0 aliphatic rings. The number of halogens is 5. The van der Waals surface area contributed by atoms with Crippen LogP contribution in [0.4, 0.5) is 22.0 Å². The van der Waals surface area contributed by atoms with E-state index in [0.717, 1.165) is 16.9 Å². The molecule has 5 rings (SSSR count). The summed E-state index contributed by atoms with van der Waals surface area (Å²) in [6.45, 7) is 0. The van der Waals surface area contributed by atoms with Crippen LogP contribution in [-0.4, -0.2) is 12.4 Å². The van der Waals surface area contributed by atoms with Crippen LogP contribution in [0.2, 0.25) is 0 Å². The van der Waals surface area contributed by atoms with E-state index < -0.39 is 29.3 Å². The molecule has 0 fully saturated rings. The van der Waals surface area contributed by atoms with E-state index >= 15 is 0 Å². The van der Waals surface area contributed by atoms with E-state index in [1.165, 1.54) is 28.9 Å². The molecule has 0 spiro atoms. The summed E-state index contributed by atoms with van der Waals surface area (Å²) in [6.07, 6.45) is -5.16. The molecule has 0 aliphatic carbocycles. The number of ether oxygens (including phenoxy) is 1.